The highest BCUT2D eigenvalue weighted by atomic mass is 32.1. The van der Waals surface area contributed by atoms with Gasteiger partial charge in [-0.3, -0.25) is 9.69 Å². The minimum absolute atomic E-state index is 0.470. The summed E-state index contributed by atoms with van der Waals surface area (Å²) in [6, 6.07) is 4.33. The van der Waals surface area contributed by atoms with Gasteiger partial charge in [0.25, 0.3) is 0 Å². The third-order valence-electron chi connectivity index (χ3n) is 4.12. The van der Waals surface area contributed by atoms with Crippen molar-refractivity contribution >= 4 is 17.3 Å². The first-order valence-electron chi connectivity index (χ1n) is 6.57. The van der Waals surface area contributed by atoms with Gasteiger partial charge >= 0.3 is 5.97 Å². The minimum atomic E-state index is -0.614. The number of hydrogen-bond acceptors (Lipinski definition) is 3. The fourth-order valence-electron chi connectivity index (χ4n) is 2.65. The van der Waals surface area contributed by atoms with Crippen molar-refractivity contribution in [2.75, 3.05) is 13.1 Å². The first kappa shape index (κ1) is 13.6. The number of likely N-dealkylation sites (tertiary alicyclic amines) is 1. The van der Waals surface area contributed by atoms with E-state index in [1.165, 1.54) is 9.75 Å². The SMILES string of the molecule is CCC1(C(=O)O)CCN(Cc2ccc(C)s2)CC1. The first-order chi connectivity index (χ1) is 8.55. The molecule has 1 aromatic heterocycles. The lowest BCUT2D eigenvalue weighted by atomic mass is 9.76. The Labute approximate surface area is 112 Å². The lowest BCUT2D eigenvalue weighted by Gasteiger charge is -2.38. The van der Waals surface area contributed by atoms with Crippen LogP contribution in [0.15, 0.2) is 12.1 Å². The highest BCUT2D eigenvalue weighted by Gasteiger charge is 2.39. The average molecular weight is 267 g/mol. The largest absolute Gasteiger partial charge is 0.481 e. The topological polar surface area (TPSA) is 40.5 Å². The minimum Gasteiger partial charge on any atom is -0.481 e. The molecule has 0 amide bonds. The van der Waals surface area contributed by atoms with Crippen molar-refractivity contribution < 1.29 is 9.90 Å². The van der Waals surface area contributed by atoms with Gasteiger partial charge in [-0.1, -0.05) is 6.92 Å². The summed E-state index contributed by atoms with van der Waals surface area (Å²) in [7, 11) is 0. The van der Waals surface area contributed by atoms with Gasteiger partial charge in [0.1, 0.15) is 0 Å². The predicted octanol–water partition coefficient (Wildman–Crippen LogP) is 3.13. The van der Waals surface area contributed by atoms with Gasteiger partial charge in [-0.2, -0.15) is 0 Å². The Balaban J connectivity index is 1.92. The molecule has 0 unspecified atom stereocenters. The van der Waals surface area contributed by atoms with Crippen LogP contribution in [0, 0.1) is 12.3 Å². The molecule has 0 spiro atoms. The molecule has 0 saturated carbocycles. The monoisotopic (exact) mass is 267 g/mol. The van der Waals surface area contributed by atoms with Crippen LogP contribution in [0.4, 0.5) is 0 Å². The van der Waals surface area contributed by atoms with Crippen molar-refractivity contribution in [3.63, 3.8) is 0 Å². The Morgan fingerprint density at radius 2 is 2.11 bits per heavy atom. The molecule has 1 aromatic rings. The molecule has 1 aliphatic rings. The Kier molecular flexibility index (Phi) is 4.07. The maximum Gasteiger partial charge on any atom is 0.309 e. The zero-order chi connectivity index (χ0) is 13.2. The number of hydrogen-bond donors (Lipinski definition) is 1. The molecular weight excluding hydrogens is 246 g/mol. The molecule has 3 nitrogen and oxygen atoms in total. The van der Waals surface area contributed by atoms with E-state index in [9.17, 15) is 9.90 Å². The number of aryl methyl sites for hydroxylation is 1. The molecule has 1 fully saturated rings. The van der Waals surface area contributed by atoms with Gasteiger partial charge in [-0.15, -0.1) is 11.3 Å². The Bertz CT molecular complexity index is 419. The van der Waals surface area contributed by atoms with Crippen LogP contribution in [-0.2, 0) is 11.3 Å². The summed E-state index contributed by atoms with van der Waals surface area (Å²) in [6.07, 6.45) is 2.31. The van der Waals surface area contributed by atoms with E-state index < -0.39 is 11.4 Å². The summed E-state index contributed by atoms with van der Waals surface area (Å²) >= 11 is 1.84. The van der Waals surface area contributed by atoms with Crippen molar-refractivity contribution in [3.05, 3.63) is 21.9 Å². The number of carbonyl (C=O) groups is 1. The molecule has 1 N–H and O–H groups in total. The summed E-state index contributed by atoms with van der Waals surface area (Å²) < 4.78 is 0. The maximum absolute atomic E-state index is 11.4. The second-order valence-electron chi connectivity index (χ2n) is 5.23. The molecule has 0 radical (unpaired) electrons. The van der Waals surface area contributed by atoms with Crippen molar-refractivity contribution in [1.29, 1.82) is 0 Å². The molecule has 4 heteroatoms. The zero-order valence-electron chi connectivity index (χ0n) is 11.1. The Morgan fingerprint density at radius 1 is 1.44 bits per heavy atom. The molecule has 0 atom stereocenters. The lowest BCUT2D eigenvalue weighted by molar-refractivity contribution is -0.152. The molecule has 100 valence electrons. The number of thiophene rings is 1. The summed E-state index contributed by atoms with van der Waals surface area (Å²) in [6.45, 7) is 6.88. The highest BCUT2D eigenvalue weighted by Crippen LogP contribution is 2.35. The van der Waals surface area contributed by atoms with Gasteiger partial charge < -0.3 is 5.11 Å². The van der Waals surface area contributed by atoms with Gasteiger partial charge in [0.15, 0.2) is 0 Å². The Hall–Kier alpha value is -0.870. The van der Waals surface area contributed by atoms with Crippen LogP contribution in [0.2, 0.25) is 0 Å². The smallest absolute Gasteiger partial charge is 0.309 e. The Morgan fingerprint density at radius 3 is 2.56 bits per heavy atom. The number of rotatable bonds is 4. The van der Waals surface area contributed by atoms with Crippen molar-refractivity contribution in [2.24, 2.45) is 5.41 Å². The van der Waals surface area contributed by atoms with E-state index in [0.29, 0.717) is 0 Å². The van der Waals surface area contributed by atoms with Crippen LogP contribution in [0.1, 0.15) is 35.9 Å². The number of piperidine rings is 1. The molecule has 18 heavy (non-hydrogen) atoms. The molecule has 1 saturated heterocycles. The van der Waals surface area contributed by atoms with E-state index in [1.807, 2.05) is 18.3 Å². The van der Waals surface area contributed by atoms with Gasteiger partial charge in [0.2, 0.25) is 0 Å². The average Bonchev–Trinajstić information content (AvgIpc) is 2.76. The second-order valence-corrected chi connectivity index (χ2v) is 6.60. The normalized spacial score (nSPS) is 19.9. The van der Waals surface area contributed by atoms with Gasteiger partial charge in [0, 0.05) is 16.3 Å². The van der Waals surface area contributed by atoms with E-state index in [4.69, 9.17) is 0 Å². The summed E-state index contributed by atoms with van der Waals surface area (Å²) in [5.41, 5.74) is -0.470. The third-order valence-corrected chi connectivity index (χ3v) is 5.10. The molecule has 1 aliphatic heterocycles. The summed E-state index contributed by atoms with van der Waals surface area (Å²) in [5.74, 6) is -0.614. The first-order valence-corrected chi connectivity index (χ1v) is 7.38. The molecule has 0 aromatic carbocycles. The van der Waals surface area contributed by atoms with Gasteiger partial charge in [-0.05, 0) is 51.4 Å². The van der Waals surface area contributed by atoms with E-state index in [2.05, 4.69) is 24.0 Å². The molecule has 2 heterocycles. The van der Waals surface area contributed by atoms with E-state index >= 15 is 0 Å². The van der Waals surface area contributed by atoms with E-state index in [-0.39, 0.29) is 0 Å². The molecule has 0 aliphatic carbocycles. The quantitative estimate of drug-likeness (QED) is 0.911. The summed E-state index contributed by atoms with van der Waals surface area (Å²) in [5, 5.41) is 9.35. The second kappa shape index (κ2) is 5.41. The van der Waals surface area contributed by atoms with Crippen LogP contribution >= 0.6 is 11.3 Å². The number of carboxylic acids is 1. The molecular formula is C14H21NO2S. The van der Waals surface area contributed by atoms with Crippen molar-refractivity contribution in [1.82, 2.24) is 4.90 Å². The number of carboxylic acid groups (broad SMARTS) is 1. The van der Waals surface area contributed by atoms with Gasteiger partial charge in [0.05, 0.1) is 5.41 Å². The van der Waals surface area contributed by atoms with E-state index in [0.717, 1.165) is 38.9 Å². The zero-order valence-corrected chi connectivity index (χ0v) is 11.9. The standard InChI is InChI=1S/C14H21NO2S/c1-3-14(13(16)17)6-8-15(9-7-14)10-12-5-4-11(2)18-12/h4-5H,3,6-10H2,1-2H3,(H,16,17). The van der Waals surface area contributed by atoms with Crippen molar-refractivity contribution in [2.45, 2.75) is 39.7 Å². The van der Waals surface area contributed by atoms with Gasteiger partial charge in [-0.25, -0.2) is 0 Å². The molecule has 2 rings (SSSR count). The predicted molar refractivity (Wildman–Crippen MR) is 73.9 cm³/mol. The summed E-state index contributed by atoms with van der Waals surface area (Å²) in [4.78, 5) is 16.5. The lowest BCUT2D eigenvalue weighted by Crippen LogP contribution is -2.43. The van der Waals surface area contributed by atoms with Crippen LogP contribution in [-0.4, -0.2) is 29.1 Å². The fraction of sp³-hybridized carbons (Fsp3) is 0.643. The third kappa shape index (κ3) is 2.75. The van der Waals surface area contributed by atoms with Crippen molar-refractivity contribution in [3.8, 4) is 0 Å². The van der Waals surface area contributed by atoms with Crippen LogP contribution in [0.5, 0.6) is 0 Å². The highest BCUT2D eigenvalue weighted by molar-refractivity contribution is 7.11. The van der Waals surface area contributed by atoms with Crippen LogP contribution in [0.3, 0.4) is 0 Å². The number of aliphatic carboxylic acids is 1. The maximum atomic E-state index is 11.4. The van der Waals surface area contributed by atoms with E-state index in [1.54, 1.807) is 0 Å². The fourth-order valence-corrected chi connectivity index (χ4v) is 3.58. The molecule has 0 bridgehead atoms. The van der Waals surface area contributed by atoms with Crippen LogP contribution < -0.4 is 0 Å². The number of nitrogens with zero attached hydrogens (tertiary/aromatic N) is 1. The van der Waals surface area contributed by atoms with Crippen LogP contribution in [0.25, 0.3) is 0 Å².